The molecule has 1 fully saturated rings. The summed E-state index contributed by atoms with van der Waals surface area (Å²) in [5, 5.41) is 2.53. The number of nitrogens with one attached hydrogen (secondary N) is 1. The van der Waals surface area contributed by atoms with E-state index in [9.17, 15) is 14.4 Å². The lowest BCUT2D eigenvalue weighted by Crippen LogP contribution is -2.38. The topological polar surface area (TPSA) is 66.5 Å². The second-order valence-corrected chi connectivity index (χ2v) is 4.76. The Morgan fingerprint density at radius 3 is 2.06 bits per heavy atom. The molecule has 0 aromatic carbocycles. The molecule has 1 aliphatic carbocycles. The molecule has 0 spiro atoms. The van der Waals surface area contributed by atoms with Gasteiger partial charge in [-0.05, 0) is 26.7 Å². The third-order valence-electron chi connectivity index (χ3n) is 2.93. The van der Waals surface area contributed by atoms with Crippen LogP contribution in [0.3, 0.4) is 0 Å². The van der Waals surface area contributed by atoms with Crippen LogP contribution in [0.15, 0.2) is 12.2 Å². The normalized spacial score (nSPS) is 19.2. The number of hydrogen-bond acceptors (Lipinski definition) is 3. The Labute approximate surface area is 107 Å². The fraction of sp³-hybridized carbons (Fsp3) is 0.615. The SMILES string of the molecule is CC(C)NC=O.O=C1C=CC(=O)N1C1CCCC1. The Morgan fingerprint density at radius 2 is 1.72 bits per heavy atom. The molecule has 0 bridgehead atoms. The van der Waals surface area contributed by atoms with Crippen molar-refractivity contribution in [1.82, 2.24) is 10.2 Å². The number of imide groups is 1. The monoisotopic (exact) mass is 252 g/mol. The van der Waals surface area contributed by atoms with Crippen molar-refractivity contribution >= 4 is 18.2 Å². The number of hydrogen-bond donors (Lipinski definition) is 1. The Hall–Kier alpha value is -1.65. The van der Waals surface area contributed by atoms with Crippen LogP contribution in [0.2, 0.25) is 0 Å². The van der Waals surface area contributed by atoms with Crippen molar-refractivity contribution in [2.45, 2.75) is 51.6 Å². The van der Waals surface area contributed by atoms with Crippen molar-refractivity contribution in [3.63, 3.8) is 0 Å². The van der Waals surface area contributed by atoms with Gasteiger partial charge in [0.1, 0.15) is 0 Å². The molecule has 5 nitrogen and oxygen atoms in total. The third kappa shape index (κ3) is 3.98. The van der Waals surface area contributed by atoms with Crippen molar-refractivity contribution in [2.24, 2.45) is 0 Å². The Morgan fingerprint density at radius 1 is 1.22 bits per heavy atom. The number of nitrogens with zero attached hydrogens (tertiary/aromatic N) is 1. The molecule has 0 atom stereocenters. The first-order valence-corrected chi connectivity index (χ1v) is 6.31. The van der Waals surface area contributed by atoms with E-state index in [-0.39, 0.29) is 23.9 Å². The molecular formula is C13H20N2O3. The summed E-state index contributed by atoms with van der Waals surface area (Å²) in [6.07, 6.45) is 7.67. The summed E-state index contributed by atoms with van der Waals surface area (Å²) in [4.78, 5) is 33.3. The van der Waals surface area contributed by atoms with Gasteiger partial charge in [-0.25, -0.2) is 0 Å². The lowest BCUT2D eigenvalue weighted by atomic mass is 10.2. The van der Waals surface area contributed by atoms with Crippen molar-refractivity contribution in [1.29, 1.82) is 0 Å². The summed E-state index contributed by atoms with van der Waals surface area (Å²) < 4.78 is 0. The lowest BCUT2D eigenvalue weighted by molar-refractivity contribution is -0.139. The molecule has 18 heavy (non-hydrogen) atoms. The van der Waals surface area contributed by atoms with Crippen LogP contribution in [0.1, 0.15) is 39.5 Å². The number of rotatable bonds is 3. The molecule has 2 aliphatic rings. The van der Waals surface area contributed by atoms with Crippen LogP contribution >= 0.6 is 0 Å². The smallest absolute Gasteiger partial charge is 0.253 e. The number of carbonyl (C=O) groups is 3. The van der Waals surface area contributed by atoms with Crippen LogP contribution in [0.4, 0.5) is 0 Å². The number of amides is 3. The van der Waals surface area contributed by atoms with E-state index < -0.39 is 0 Å². The molecule has 0 radical (unpaired) electrons. The molecule has 100 valence electrons. The van der Waals surface area contributed by atoms with E-state index in [4.69, 9.17) is 0 Å². The maximum Gasteiger partial charge on any atom is 0.253 e. The molecule has 0 aromatic heterocycles. The van der Waals surface area contributed by atoms with Gasteiger partial charge in [-0.3, -0.25) is 19.3 Å². The summed E-state index contributed by atoms with van der Waals surface area (Å²) in [5.74, 6) is -0.265. The molecular weight excluding hydrogens is 232 g/mol. The zero-order chi connectivity index (χ0) is 13.5. The standard InChI is InChI=1S/C9H11NO2.C4H9NO/c11-8-5-6-9(12)10(8)7-3-1-2-4-7;1-4(2)5-3-6/h5-7H,1-4H2;3-4H,1-2H3,(H,5,6). The Bertz CT molecular complexity index is 326. The van der Waals surface area contributed by atoms with E-state index in [0.717, 1.165) is 25.7 Å². The van der Waals surface area contributed by atoms with Gasteiger partial charge in [0, 0.05) is 24.2 Å². The minimum Gasteiger partial charge on any atom is -0.357 e. The predicted molar refractivity (Wildman–Crippen MR) is 67.6 cm³/mol. The van der Waals surface area contributed by atoms with Crippen molar-refractivity contribution in [3.05, 3.63) is 12.2 Å². The highest BCUT2D eigenvalue weighted by Gasteiger charge is 2.32. The van der Waals surface area contributed by atoms with E-state index in [1.807, 2.05) is 13.8 Å². The molecule has 3 amide bonds. The highest BCUT2D eigenvalue weighted by molar-refractivity contribution is 6.13. The third-order valence-corrected chi connectivity index (χ3v) is 2.93. The second kappa shape index (κ2) is 6.93. The molecule has 0 unspecified atom stereocenters. The maximum atomic E-state index is 11.2. The molecule has 2 rings (SSSR count). The van der Waals surface area contributed by atoms with Crippen LogP contribution in [-0.4, -0.2) is 35.2 Å². The minimum absolute atomic E-state index is 0.132. The van der Waals surface area contributed by atoms with Crippen LogP contribution in [0.5, 0.6) is 0 Å². The van der Waals surface area contributed by atoms with Crippen molar-refractivity contribution < 1.29 is 14.4 Å². The molecule has 0 aromatic rings. The summed E-state index contributed by atoms with van der Waals surface area (Å²) in [6, 6.07) is 0.461. The van der Waals surface area contributed by atoms with Crippen LogP contribution in [0.25, 0.3) is 0 Å². The average Bonchev–Trinajstić information content (AvgIpc) is 2.89. The highest BCUT2D eigenvalue weighted by atomic mass is 16.2. The first-order valence-electron chi connectivity index (χ1n) is 6.31. The fourth-order valence-electron chi connectivity index (χ4n) is 2.07. The highest BCUT2D eigenvalue weighted by Crippen LogP contribution is 2.25. The fourth-order valence-corrected chi connectivity index (χ4v) is 2.07. The summed E-state index contributed by atoms with van der Waals surface area (Å²) in [5.41, 5.74) is 0. The van der Waals surface area contributed by atoms with Gasteiger partial charge < -0.3 is 5.32 Å². The molecule has 5 heteroatoms. The van der Waals surface area contributed by atoms with E-state index >= 15 is 0 Å². The van der Waals surface area contributed by atoms with Gasteiger partial charge in [-0.15, -0.1) is 0 Å². The Balaban J connectivity index is 0.000000232. The van der Waals surface area contributed by atoms with Gasteiger partial charge in [0.05, 0.1) is 0 Å². The first kappa shape index (κ1) is 14.4. The Kier molecular flexibility index (Phi) is 5.55. The molecule has 0 saturated heterocycles. The van der Waals surface area contributed by atoms with E-state index in [1.165, 1.54) is 17.1 Å². The molecule has 1 N–H and O–H groups in total. The molecule has 1 aliphatic heterocycles. The van der Waals surface area contributed by atoms with Gasteiger partial charge in [-0.2, -0.15) is 0 Å². The lowest BCUT2D eigenvalue weighted by Gasteiger charge is -2.20. The van der Waals surface area contributed by atoms with Gasteiger partial charge in [0.25, 0.3) is 11.8 Å². The van der Waals surface area contributed by atoms with E-state index in [1.54, 1.807) is 0 Å². The minimum atomic E-state index is -0.132. The van der Waals surface area contributed by atoms with E-state index in [2.05, 4.69) is 5.32 Å². The molecule has 1 heterocycles. The predicted octanol–water partition coefficient (Wildman–Crippen LogP) is 0.995. The zero-order valence-corrected chi connectivity index (χ0v) is 10.9. The van der Waals surface area contributed by atoms with Gasteiger partial charge in [0.2, 0.25) is 6.41 Å². The first-order chi connectivity index (χ1) is 8.56. The zero-order valence-electron chi connectivity index (χ0n) is 10.9. The summed E-state index contributed by atoms with van der Waals surface area (Å²) in [7, 11) is 0. The van der Waals surface area contributed by atoms with Crippen molar-refractivity contribution in [3.8, 4) is 0 Å². The maximum absolute atomic E-state index is 11.2. The summed E-state index contributed by atoms with van der Waals surface area (Å²) in [6.45, 7) is 3.82. The summed E-state index contributed by atoms with van der Waals surface area (Å²) >= 11 is 0. The van der Waals surface area contributed by atoms with Crippen molar-refractivity contribution in [2.75, 3.05) is 0 Å². The van der Waals surface area contributed by atoms with Crippen LogP contribution in [0, 0.1) is 0 Å². The van der Waals surface area contributed by atoms with Gasteiger partial charge in [-0.1, -0.05) is 12.8 Å². The largest absolute Gasteiger partial charge is 0.357 e. The second-order valence-electron chi connectivity index (χ2n) is 4.76. The van der Waals surface area contributed by atoms with E-state index in [0.29, 0.717) is 6.41 Å². The quantitative estimate of drug-likeness (QED) is 0.602. The van der Waals surface area contributed by atoms with Crippen LogP contribution in [-0.2, 0) is 14.4 Å². The average molecular weight is 252 g/mol. The van der Waals surface area contributed by atoms with Crippen LogP contribution < -0.4 is 5.32 Å². The molecule has 1 saturated carbocycles. The number of carbonyl (C=O) groups excluding carboxylic acids is 3. The van der Waals surface area contributed by atoms with Gasteiger partial charge >= 0.3 is 0 Å². The van der Waals surface area contributed by atoms with Gasteiger partial charge in [0.15, 0.2) is 0 Å².